The van der Waals surface area contributed by atoms with Crippen molar-refractivity contribution >= 4 is 63.8 Å². The quantitative estimate of drug-likeness (QED) is 0.0874. The Morgan fingerprint density at radius 1 is 0.862 bits per heavy atom. The van der Waals surface area contributed by atoms with Crippen LogP contribution in [0.1, 0.15) is 86.8 Å². The maximum absolute atomic E-state index is 12.9. The van der Waals surface area contributed by atoms with Crippen LogP contribution in [0.15, 0.2) is 95.1 Å². The second-order valence-electron chi connectivity index (χ2n) is 13.8. The lowest BCUT2D eigenvalue weighted by atomic mass is 9.72. The van der Waals surface area contributed by atoms with Gasteiger partial charge in [0.2, 0.25) is 11.7 Å². The standard InChI is InChI=1S/C22H19ClO3.C19H19N7O6/c23-16-11-9-14(10-12-16)13-5-7-15(8-6-13)19-20(24)17-3-1-2-4-18(17)21(25)22(19)26;20-19-25-15-14(17(30)26-19)23-11(8-22-15)7-21-10-3-1-9(2-4-10)16(29)24-12(18(31)32)5-6-13(27)28/h1-4,9-13,15,26H,5-8H2;1-4,8,12,21H,5-7H2,(H,24,29)(H,27,28)(H,31,32)(H3,20,22,25,26,30)/t13-,15-;12-/m.0/s1. The van der Waals surface area contributed by atoms with E-state index in [1.54, 1.807) is 36.4 Å². The summed E-state index contributed by atoms with van der Waals surface area (Å²) in [4.78, 5) is 85.9. The van der Waals surface area contributed by atoms with Crippen LogP contribution in [-0.2, 0) is 16.1 Å². The summed E-state index contributed by atoms with van der Waals surface area (Å²) < 4.78 is 0. The van der Waals surface area contributed by atoms with Crippen LogP contribution >= 0.6 is 11.6 Å². The molecule has 3 aromatic carbocycles. The highest BCUT2D eigenvalue weighted by atomic mass is 35.5. The summed E-state index contributed by atoms with van der Waals surface area (Å²) >= 11 is 5.96. The van der Waals surface area contributed by atoms with Crippen LogP contribution in [0.5, 0.6) is 0 Å². The number of rotatable bonds is 11. The minimum Gasteiger partial charge on any atom is -0.504 e. The number of anilines is 2. The lowest BCUT2D eigenvalue weighted by Gasteiger charge is -2.31. The number of carbonyl (C=O) groups is 5. The number of aliphatic hydroxyl groups is 1. The van der Waals surface area contributed by atoms with Crippen molar-refractivity contribution in [3.63, 3.8) is 0 Å². The number of aromatic nitrogens is 4. The molecular weight excluding hydrogens is 770 g/mol. The van der Waals surface area contributed by atoms with E-state index < -0.39 is 35.2 Å². The van der Waals surface area contributed by atoms with Gasteiger partial charge in [0.15, 0.2) is 22.7 Å². The summed E-state index contributed by atoms with van der Waals surface area (Å²) in [6.45, 7) is 0.231. The number of Topliss-reactive ketones (excluding diaryl/α,β-unsaturated/α-hetero) is 2. The zero-order valence-corrected chi connectivity index (χ0v) is 31.5. The van der Waals surface area contributed by atoms with Gasteiger partial charge in [-0.05, 0) is 85.9 Å². The number of halogens is 1. The van der Waals surface area contributed by atoms with Crippen molar-refractivity contribution in [1.29, 1.82) is 0 Å². The molecule has 0 saturated heterocycles. The number of hydrogen-bond donors (Lipinski definition) is 7. The number of aromatic amines is 1. The number of aliphatic hydroxyl groups excluding tert-OH is 1. The number of carboxylic acids is 2. The SMILES string of the molecule is Nc1nc(=O)c2nc(CNc3ccc(C(=O)N[C@@H](CCC(=O)O)C(=O)O)cc3)cnc2[nH]1.O=C1C(O)=C([C@H]2CC[C@H](c3ccc(Cl)cc3)CC2)C(=O)c2ccccc21. The predicted molar refractivity (Wildman–Crippen MR) is 213 cm³/mol. The van der Waals surface area contributed by atoms with E-state index in [9.17, 15) is 33.9 Å². The van der Waals surface area contributed by atoms with Gasteiger partial charge >= 0.3 is 17.5 Å². The second-order valence-corrected chi connectivity index (χ2v) is 14.2. The third kappa shape index (κ3) is 9.53. The third-order valence-electron chi connectivity index (χ3n) is 9.97. The van der Waals surface area contributed by atoms with E-state index in [1.165, 1.54) is 23.9 Å². The van der Waals surface area contributed by atoms with Gasteiger partial charge in [0.1, 0.15) is 6.04 Å². The number of carboxylic acid groups (broad SMARTS) is 2. The Labute approximate surface area is 335 Å². The highest BCUT2D eigenvalue weighted by Crippen LogP contribution is 2.42. The zero-order chi connectivity index (χ0) is 41.5. The van der Waals surface area contributed by atoms with E-state index in [4.69, 9.17) is 27.5 Å². The fourth-order valence-electron chi connectivity index (χ4n) is 6.97. The fourth-order valence-corrected chi connectivity index (χ4v) is 7.10. The molecule has 0 spiro atoms. The van der Waals surface area contributed by atoms with Gasteiger partial charge in [0.25, 0.3) is 5.91 Å². The van der Waals surface area contributed by atoms with E-state index in [-0.39, 0.29) is 59.5 Å². The molecule has 8 N–H and O–H groups in total. The second kappa shape index (κ2) is 17.9. The number of carbonyl (C=O) groups excluding carboxylic acids is 3. The number of nitrogen functional groups attached to an aromatic ring is 1. The van der Waals surface area contributed by atoms with Crippen molar-refractivity contribution in [2.75, 3.05) is 11.1 Å². The number of nitrogens with zero attached hydrogens (tertiary/aromatic N) is 3. The molecular formula is C41H38ClN7O9. The largest absolute Gasteiger partial charge is 0.504 e. The van der Waals surface area contributed by atoms with Gasteiger partial charge in [-0.1, -0.05) is 48.0 Å². The van der Waals surface area contributed by atoms with Gasteiger partial charge < -0.3 is 36.7 Å². The first kappa shape index (κ1) is 40.7. The maximum atomic E-state index is 12.9. The molecule has 16 nitrogen and oxygen atoms in total. The van der Waals surface area contributed by atoms with E-state index in [0.29, 0.717) is 34.0 Å². The first-order valence-electron chi connectivity index (χ1n) is 18.3. The van der Waals surface area contributed by atoms with Crippen LogP contribution < -0.4 is 21.9 Å². The number of hydrogen-bond acceptors (Lipinski definition) is 12. The Morgan fingerprint density at radius 2 is 1.50 bits per heavy atom. The number of fused-ring (bicyclic) bond motifs is 2. The van der Waals surface area contributed by atoms with Crippen molar-refractivity contribution in [3.05, 3.63) is 134 Å². The minimum atomic E-state index is -1.31. The van der Waals surface area contributed by atoms with Crippen molar-refractivity contribution < 1.29 is 39.3 Å². The van der Waals surface area contributed by atoms with E-state index in [0.717, 1.165) is 30.7 Å². The number of aliphatic carboxylic acids is 2. The fraction of sp³-hybridized carbons (Fsp3) is 0.244. The lowest BCUT2D eigenvalue weighted by molar-refractivity contribution is -0.140. The summed E-state index contributed by atoms with van der Waals surface area (Å²) in [6.07, 6.45) is 4.27. The normalized spacial score (nSPS) is 16.8. The number of amides is 1. The smallest absolute Gasteiger partial charge is 0.326 e. The van der Waals surface area contributed by atoms with Gasteiger partial charge in [-0.25, -0.2) is 14.8 Å². The molecule has 1 atom stereocenters. The molecule has 2 aliphatic rings. The van der Waals surface area contributed by atoms with Crippen LogP contribution in [0.2, 0.25) is 5.02 Å². The van der Waals surface area contributed by atoms with Gasteiger partial charge in [0, 0.05) is 39.4 Å². The Kier molecular flexibility index (Phi) is 12.6. The molecule has 0 aliphatic heterocycles. The summed E-state index contributed by atoms with van der Waals surface area (Å²) in [6, 6.07) is 19.5. The number of nitrogens with two attached hydrogens (primary N) is 1. The summed E-state index contributed by atoms with van der Waals surface area (Å²) in [5, 5.41) is 34.3. The number of nitrogens with one attached hydrogen (secondary N) is 3. The Balaban J connectivity index is 0.000000199. The molecule has 2 aromatic heterocycles. The average Bonchev–Trinajstić information content (AvgIpc) is 3.21. The molecule has 7 rings (SSSR count). The van der Waals surface area contributed by atoms with Crippen LogP contribution in [0.3, 0.4) is 0 Å². The predicted octanol–water partition coefficient (Wildman–Crippen LogP) is 5.46. The van der Waals surface area contributed by atoms with Crippen molar-refractivity contribution in [2.24, 2.45) is 5.92 Å². The zero-order valence-electron chi connectivity index (χ0n) is 30.8. The average molecular weight is 808 g/mol. The molecule has 2 heterocycles. The Hall–Kier alpha value is -6.94. The molecule has 0 bridgehead atoms. The van der Waals surface area contributed by atoms with Crippen molar-refractivity contribution in [1.82, 2.24) is 25.3 Å². The number of allylic oxidation sites excluding steroid dienone is 2. The third-order valence-corrected chi connectivity index (χ3v) is 10.2. The van der Waals surface area contributed by atoms with Crippen LogP contribution in [0.4, 0.5) is 11.6 Å². The molecule has 0 radical (unpaired) electrons. The molecule has 2 aliphatic carbocycles. The minimum absolute atomic E-state index is 0.0524. The van der Waals surface area contributed by atoms with Crippen LogP contribution in [0, 0.1) is 5.92 Å². The summed E-state index contributed by atoms with van der Waals surface area (Å²) in [5.74, 6) is -3.79. The summed E-state index contributed by atoms with van der Waals surface area (Å²) in [5.41, 5.74) is 8.74. The monoisotopic (exact) mass is 807 g/mol. The molecule has 58 heavy (non-hydrogen) atoms. The Morgan fingerprint density at radius 3 is 2.14 bits per heavy atom. The first-order chi connectivity index (χ1) is 27.8. The van der Waals surface area contributed by atoms with Crippen molar-refractivity contribution in [3.8, 4) is 0 Å². The molecule has 17 heteroatoms. The molecule has 1 amide bonds. The van der Waals surface area contributed by atoms with Crippen molar-refractivity contribution in [2.45, 2.75) is 57.0 Å². The van der Waals surface area contributed by atoms with Crippen LogP contribution in [0.25, 0.3) is 11.2 Å². The molecule has 1 saturated carbocycles. The van der Waals surface area contributed by atoms with Gasteiger partial charge in [-0.2, -0.15) is 4.98 Å². The number of H-pyrrole nitrogens is 1. The number of benzene rings is 3. The van der Waals surface area contributed by atoms with Gasteiger partial charge in [-0.15, -0.1) is 0 Å². The molecule has 5 aromatic rings. The Bertz CT molecular complexity index is 2480. The molecule has 1 fully saturated rings. The summed E-state index contributed by atoms with van der Waals surface area (Å²) in [7, 11) is 0. The van der Waals surface area contributed by atoms with Crippen LogP contribution in [-0.4, -0.2) is 70.7 Å². The lowest BCUT2D eigenvalue weighted by Crippen LogP contribution is -2.41. The van der Waals surface area contributed by atoms with E-state index >= 15 is 0 Å². The van der Waals surface area contributed by atoms with Gasteiger partial charge in [0.05, 0.1) is 18.4 Å². The van der Waals surface area contributed by atoms with E-state index in [2.05, 4.69) is 42.7 Å². The highest BCUT2D eigenvalue weighted by molar-refractivity contribution is 6.30. The first-order valence-corrected chi connectivity index (χ1v) is 18.6. The number of ketones is 2. The molecule has 0 unspecified atom stereocenters. The maximum Gasteiger partial charge on any atom is 0.326 e. The topological polar surface area (TPSA) is 268 Å². The molecule has 298 valence electrons. The highest BCUT2D eigenvalue weighted by Gasteiger charge is 2.37. The van der Waals surface area contributed by atoms with E-state index in [1.807, 2.05) is 12.1 Å². The van der Waals surface area contributed by atoms with Gasteiger partial charge in [-0.3, -0.25) is 24.0 Å².